The maximum absolute atomic E-state index is 12.9. The molecular weight excluding hydrogens is 396 g/mol. The Balaban J connectivity index is 2.50. The molecule has 0 bridgehead atoms. The van der Waals surface area contributed by atoms with Crippen LogP contribution in [0.15, 0.2) is 40.9 Å². The number of phenolic OH excluding ortho intramolecular Hbond substituents is 1. The number of phenols is 1. The molecule has 0 aliphatic carbocycles. The van der Waals surface area contributed by atoms with Crippen LogP contribution in [0.4, 0.5) is 0 Å². The average Bonchev–Trinajstić information content (AvgIpc) is 2.90. The first kappa shape index (κ1) is 19.5. The number of allylic oxidation sites excluding steroid dienone is 2. The fourth-order valence-electron chi connectivity index (χ4n) is 2.72. The van der Waals surface area contributed by atoms with Gasteiger partial charge in [-0.2, -0.15) is 5.26 Å². The van der Waals surface area contributed by atoms with Crippen LogP contribution in [0.1, 0.15) is 27.3 Å². The standard InChI is InChI=1S/C20H19BrN2O3/c1-5-6-23-12(2)7-16(13(23)3)20(25)15(11-22)8-14-9-18(24)19(26-4)10-17(14)21/h5,7-10,24H,1,6H2,2-4H3/b15-8+. The molecule has 1 aromatic carbocycles. The summed E-state index contributed by atoms with van der Waals surface area (Å²) in [7, 11) is 1.44. The SMILES string of the molecule is C=CCn1c(C)cc(C(=O)/C(C#N)=C/c2cc(O)c(OC)cc2Br)c1C. The van der Waals surface area contributed by atoms with Crippen molar-refractivity contribution >= 4 is 27.8 Å². The van der Waals surface area contributed by atoms with Crippen LogP contribution in [0, 0.1) is 25.2 Å². The summed E-state index contributed by atoms with van der Waals surface area (Å²) in [5, 5.41) is 19.4. The molecule has 26 heavy (non-hydrogen) atoms. The maximum Gasteiger partial charge on any atom is 0.205 e. The van der Waals surface area contributed by atoms with E-state index in [1.165, 1.54) is 19.3 Å². The fraction of sp³-hybridized carbons (Fsp3) is 0.200. The summed E-state index contributed by atoms with van der Waals surface area (Å²) >= 11 is 3.36. The molecule has 0 spiro atoms. The highest BCUT2D eigenvalue weighted by Crippen LogP contribution is 2.33. The van der Waals surface area contributed by atoms with Crippen molar-refractivity contribution in [3.05, 3.63) is 63.4 Å². The molecule has 0 radical (unpaired) electrons. The zero-order valence-corrected chi connectivity index (χ0v) is 16.4. The lowest BCUT2D eigenvalue weighted by Crippen LogP contribution is -2.06. The zero-order chi connectivity index (χ0) is 19.4. The van der Waals surface area contributed by atoms with Gasteiger partial charge in [-0.3, -0.25) is 4.79 Å². The Kier molecular flexibility index (Phi) is 6.06. The highest BCUT2D eigenvalue weighted by atomic mass is 79.9. The topological polar surface area (TPSA) is 75.2 Å². The van der Waals surface area contributed by atoms with E-state index in [1.54, 1.807) is 18.2 Å². The maximum atomic E-state index is 12.9. The predicted octanol–water partition coefficient (Wildman–Crippen LogP) is 4.56. The number of methoxy groups -OCH3 is 1. The molecule has 2 aromatic rings. The van der Waals surface area contributed by atoms with Gasteiger partial charge in [-0.15, -0.1) is 6.58 Å². The van der Waals surface area contributed by atoms with E-state index in [9.17, 15) is 15.2 Å². The van der Waals surface area contributed by atoms with Crippen LogP contribution >= 0.6 is 15.9 Å². The van der Waals surface area contributed by atoms with Crippen LogP contribution < -0.4 is 4.74 Å². The molecule has 134 valence electrons. The number of aromatic nitrogens is 1. The molecule has 0 unspecified atom stereocenters. The van der Waals surface area contributed by atoms with Crippen molar-refractivity contribution in [2.24, 2.45) is 0 Å². The third-order valence-corrected chi connectivity index (χ3v) is 4.78. The summed E-state index contributed by atoms with van der Waals surface area (Å²) in [5.74, 6) is -0.138. The summed E-state index contributed by atoms with van der Waals surface area (Å²) in [6, 6.07) is 6.75. The highest BCUT2D eigenvalue weighted by Gasteiger charge is 2.19. The molecule has 0 fully saturated rings. The predicted molar refractivity (Wildman–Crippen MR) is 104 cm³/mol. The highest BCUT2D eigenvalue weighted by molar-refractivity contribution is 9.10. The summed E-state index contributed by atoms with van der Waals surface area (Å²) in [6.45, 7) is 8.06. The number of aromatic hydroxyl groups is 1. The molecule has 0 aliphatic heterocycles. The molecule has 1 N–H and O–H groups in total. The number of aryl methyl sites for hydroxylation is 1. The van der Waals surface area contributed by atoms with Gasteiger partial charge in [0.05, 0.1) is 7.11 Å². The number of halogens is 1. The first-order valence-electron chi connectivity index (χ1n) is 7.84. The smallest absolute Gasteiger partial charge is 0.205 e. The summed E-state index contributed by atoms with van der Waals surface area (Å²) in [6.07, 6.45) is 3.21. The first-order chi connectivity index (χ1) is 12.3. The van der Waals surface area contributed by atoms with E-state index < -0.39 is 0 Å². The molecule has 0 saturated heterocycles. The lowest BCUT2D eigenvalue weighted by atomic mass is 10.0. The first-order valence-corrected chi connectivity index (χ1v) is 8.64. The van der Waals surface area contributed by atoms with Crippen molar-refractivity contribution in [3.8, 4) is 17.6 Å². The molecule has 5 nitrogen and oxygen atoms in total. The molecule has 1 aromatic heterocycles. The Labute approximate surface area is 161 Å². The molecule has 2 rings (SSSR count). The number of carbonyl (C=O) groups excluding carboxylic acids is 1. The van der Waals surface area contributed by atoms with Gasteiger partial charge in [-0.05, 0) is 43.7 Å². The lowest BCUT2D eigenvalue weighted by molar-refractivity contribution is 0.103. The van der Waals surface area contributed by atoms with Crippen molar-refractivity contribution < 1.29 is 14.6 Å². The van der Waals surface area contributed by atoms with Gasteiger partial charge in [0.1, 0.15) is 11.6 Å². The Morgan fingerprint density at radius 1 is 1.42 bits per heavy atom. The number of carbonyl (C=O) groups is 1. The van der Waals surface area contributed by atoms with Crippen molar-refractivity contribution in [3.63, 3.8) is 0 Å². The number of ketones is 1. The minimum atomic E-state index is -0.363. The number of ether oxygens (including phenoxy) is 1. The van der Waals surface area contributed by atoms with Crippen LogP contribution in [0.2, 0.25) is 0 Å². The molecule has 6 heteroatoms. The van der Waals surface area contributed by atoms with Crippen molar-refractivity contribution in [1.29, 1.82) is 5.26 Å². The van der Waals surface area contributed by atoms with Gasteiger partial charge in [-0.25, -0.2) is 0 Å². The van der Waals surface area contributed by atoms with Crippen LogP contribution in [-0.2, 0) is 6.54 Å². The van der Waals surface area contributed by atoms with Gasteiger partial charge in [0, 0.05) is 28.0 Å². The Morgan fingerprint density at radius 2 is 2.12 bits per heavy atom. The van der Waals surface area contributed by atoms with E-state index in [4.69, 9.17) is 4.74 Å². The van der Waals surface area contributed by atoms with E-state index in [0.717, 1.165) is 11.4 Å². The number of rotatable bonds is 6. The van der Waals surface area contributed by atoms with Crippen LogP contribution in [0.5, 0.6) is 11.5 Å². The summed E-state index contributed by atoms with van der Waals surface area (Å²) in [5.41, 5.74) is 2.67. The summed E-state index contributed by atoms with van der Waals surface area (Å²) < 4.78 is 7.60. The fourth-order valence-corrected chi connectivity index (χ4v) is 3.16. The second-order valence-corrected chi connectivity index (χ2v) is 6.58. The molecule has 0 saturated carbocycles. The molecule has 0 aliphatic rings. The third kappa shape index (κ3) is 3.73. The second-order valence-electron chi connectivity index (χ2n) is 5.73. The molecule has 1 heterocycles. The molecule has 0 atom stereocenters. The van der Waals surface area contributed by atoms with E-state index in [0.29, 0.717) is 27.9 Å². The molecule has 0 amide bonds. The normalized spacial score (nSPS) is 11.1. The third-order valence-electron chi connectivity index (χ3n) is 4.09. The second kappa shape index (κ2) is 8.07. The van der Waals surface area contributed by atoms with Gasteiger partial charge in [-0.1, -0.05) is 22.0 Å². The van der Waals surface area contributed by atoms with Gasteiger partial charge >= 0.3 is 0 Å². The van der Waals surface area contributed by atoms with Crippen molar-refractivity contribution in [2.45, 2.75) is 20.4 Å². The minimum absolute atomic E-state index is 0.0193. The molecular formula is C20H19BrN2O3. The Hall–Kier alpha value is -2.78. The van der Waals surface area contributed by atoms with Gasteiger partial charge in [0.2, 0.25) is 5.78 Å². The van der Waals surface area contributed by atoms with E-state index in [1.807, 2.05) is 24.5 Å². The van der Waals surface area contributed by atoms with E-state index >= 15 is 0 Å². The number of nitriles is 1. The van der Waals surface area contributed by atoms with Crippen molar-refractivity contribution in [2.75, 3.05) is 7.11 Å². The Bertz CT molecular complexity index is 949. The van der Waals surface area contributed by atoms with Crippen LogP contribution in [0.3, 0.4) is 0 Å². The van der Waals surface area contributed by atoms with Gasteiger partial charge < -0.3 is 14.4 Å². The summed E-state index contributed by atoms with van der Waals surface area (Å²) in [4.78, 5) is 12.9. The number of hydrogen-bond donors (Lipinski definition) is 1. The van der Waals surface area contributed by atoms with E-state index in [-0.39, 0.29) is 17.1 Å². The van der Waals surface area contributed by atoms with Gasteiger partial charge in [0.15, 0.2) is 11.5 Å². The van der Waals surface area contributed by atoms with Gasteiger partial charge in [0.25, 0.3) is 0 Å². The number of Topliss-reactive ketones (excluding diaryl/α,β-unsaturated/α-hetero) is 1. The number of nitrogens with zero attached hydrogens (tertiary/aromatic N) is 2. The average molecular weight is 415 g/mol. The zero-order valence-electron chi connectivity index (χ0n) is 14.8. The lowest BCUT2D eigenvalue weighted by Gasteiger charge is -2.08. The van der Waals surface area contributed by atoms with Crippen LogP contribution in [0.25, 0.3) is 6.08 Å². The Morgan fingerprint density at radius 3 is 2.69 bits per heavy atom. The van der Waals surface area contributed by atoms with Crippen molar-refractivity contribution in [1.82, 2.24) is 4.57 Å². The van der Waals surface area contributed by atoms with E-state index in [2.05, 4.69) is 22.5 Å². The quantitative estimate of drug-likeness (QED) is 0.325. The number of hydrogen-bond acceptors (Lipinski definition) is 4. The number of benzene rings is 1. The largest absolute Gasteiger partial charge is 0.504 e. The minimum Gasteiger partial charge on any atom is -0.504 e. The monoisotopic (exact) mass is 414 g/mol. The van der Waals surface area contributed by atoms with Crippen LogP contribution in [-0.4, -0.2) is 22.6 Å².